The van der Waals surface area contributed by atoms with Crippen LogP contribution in [0, 0.1) is 13.8 Å². The first kappa shape index (κ1) is 20.2. The average molecular weight is 396 g/mol. The van der Waals surface area contributed by atoms with Crippen LogP contribution >= 0.6 is 11.6 Å². The number of benzene rings is 2. The molecule has 146 valence electrons. The molecule has 0 aliphatic heterocycles. The van der Waals surface area contributed by atoms with Crippen LogP contribution in [0.1, 0.15) is 46.6 Å². The van der Waals surface area contributed by atoms with E-state index in [4.69, 9.17) is 11.6 Å². The monoisotopic (exact) mass is 395 g/mol. The number of nitrogens with zero attached hydrogens (tertiary/aromatic N) is 2. The minimum absolute atomic E-state index is 0.185. The molecule has 0 spiro atoms. The molecular weight excluding hydrogens is 370 g/mol. The summed E-state index contributed by atoms with van der Waals surface area (Å²) < 4.78 is 1.68. The second-order valence-electron chi connectivity index (χ2n) is 7.83. The SMILES string of the molecule is Cc1ccc(Cn2nc(C)c(C(=O)NCC(C)(C)c3ccccc3)c2Cl)cc1. The van der Waals surface area contributed by atoms with Crippen molar-refractivity contribution in [1.29, 1.82) is 0 Å². The Hall–Kier alpha value is -2.59. The van der Waals surface area contributed by atoms with Gasteiger partial charge in [0, 0.05) is 12.0 Å². The maximum atomic E-state index is 12.8. The third-order valence-corrected chi connectivity index (χ3v) is 5.38. The summed E-state index contributed by atoms with van der Waals surface area (Å²) in [5.41, 5.74) is 4.35. The van der Waals surface area contributed by atoms with E-state index in [-0.39, 0.29) is 11.3 Å². The fraction of sp³-hybridized carbons (Fsp3) is 0.304. The van der Waals surface area contributed by atoms with Gasteiger partial charge in [-0.15, -0.1) is 0 Å². The van der Waals surface area contributed by atoms with E-state index < -0.39 is 0 Å². The molecule has 0 aliphatic carbocycles. The molecule has 0 bridgehead atoms. The molecule has 0 radical (unpaired) electrons. The fourth-order valence-corrected chi connectivity index (χ4v) is 3.48. The molecule has 4 nitrogen and oxygen atoms in total. The highest BCUT2D eigenvalue weighted by Gasteiger charge is 2.25. The van der Waals surface area contributed by atoms with Gasteiger partial charge in [-0.05, 0) is 25.0 Å². The summed E-state index contributed by atoms with van der Waals surface area (Å²) in [6.45, 7) is 9.12. The first-order chi connectivity index (χ1) is 13.3. The molecule has 1 amide bonds. The Morgan fingerprint density at radius 2 is 1.71 bits per heavy atom. The van der Waals surface area contributed by atoms with Crippen LogP contribution in [0.15, 0.2) is 54.6 Å². The maximum Gasteiger partial charge on any atom is 0.256 e. The predicted molar refractivity (Wildman–Crippen MR) is 114 cm³/mol. The van der Waals surface area contributed by atoms with E-state index in [1.807, 2.05) is 44.2 Å². The molecule has 28 heavy (non-hydrogen) atoms. The van der Waals surface area contributed by atoms with E-state index in [2.05, 4.69) is 48.5 Å². The van der Waals surface area contributed by atoms with Crippen molar-refractivity contribution in [2.45, 2.75) is 39.7 Å². The molecular formula is C23H26ClN3O. The molecule has 0 unspecified atom stereocenters. The van der Waals surface area contributed by atoms with E-state index in [1.165, 1.54) is 11.1 Å². The molecule has 5 heteroatoms. The summed E-state index contributed by atoms with van der Waals surface area (Å²) in [4.78, 5) is 12.8. The third-order valence-electron chi connectivity index (χ3n) is 4.99. The molecule has 1 aromatic heterocycles. The van der Waals surface area contributed by atoms with Crippen molar-refractivity contribution in [2.75, 3.05) is 6.54 Å². The van der Waals surface area contributed by atoms with Crippen molar-refractivity contribution in [1.82, 2.24) is 15.1 Å². The highest BCUT2D eigenvalue weighted by Crippen LogP contribution is 2.24. The van der Waals surface area contributed by atoms with Crippen molar-refractivity contribution in [3.63, 3.8) is 0 Å². The van der Waals surface area contributed by atoms with Crippen LogP contribution in [-0.4, -0.2) is 22.2 Å². The Morgan fingerprint density at radius 3 is 2.36 bits per heavy atom. The summed E-state index contributed by atoms with van der Waals surface area (Å²) in [5, 5.41) is 7.87. The van der Waals surface area contributed by atoms with Crippen LogP contribution in [0.2, 0.25) is 5.15 Å². The van der Waals surface area contributed by atoms with Crippen molar-refractivity contribution in [3.8, 4) is 0 Å². The van der Waals surface area contributed by atoms with Crippen molar-refractivity contribution < 1.29 is 4.79 Å². The number of carbonyl (C=O) groups excluding carboxylic acids is 1. The Morgan fingerprint density at radius 1 is 1.07 bits per heavy atom. The Labute approximate surface area is 171 Å². The lowest BCUT2D eigenvalue weighted by molar-refractivity contribution is 0.0945. The van der Waals surface area contributed by atoms with E-state index in [9.17, 15) is 4.79 Å². The van der Waals surface area contributed by atoms with Crippen molar-refractivity contribution >= 4 is 17.5 Å². The van der Waals surface area contributed by atoms with E-state index in [1.54, 1.807) is 4.68 Å². The first-order valence-corrected chi connectivity index (χ1v) is 9.78. The topological polar surface area (TPSA) is 46.9 Å². The van der Waals surface area contributed by atoms with Gasteiger partial charge < -0.3 is 5.32 Å². The average Bonchev–Trinajstić information content (AvgIpc) is 2.96. The van der Waals surface area contributed by atoms with Gasteiger partial charge in [0.05, 0.1) is 17.8 Å². The number of nitrogens with one attached hydrogen (secondary N) is 1. The van der Waals surface area contributed by atoms with Gasteiger partial charge >= 0.3 is 0 Å². The molecule has 3 aromatic rings. The number of hydrogen-bond acceptors (Lipinski definition) is 2. The summed E-state index contributed by atoms with van der Waals surface area (Å²) in [6.07, 6.45) is 0. The summed E-state index contributed by atoms with van der Waals surface area (Å²) in [7, 11) is 0. The number of aryl methyl sites for hydroxylation is 2. The highest BCUT2D eigenvalue weighted by molar-refractivity contribution is 6.33. The van der Waals surface area contributed by atoms with Gasteiger partial charge in [0.1, 0.15) is 5.15 Å². The molecule has 1 N–H and O–H groups in total. The van der Waals surface area contributed by atoms with Gasteiger partial charge in [-0.1, -0.05) is 85.6 Å². The van der Waals surface area contributed by atoms with Crippen LogP contribution in [0.3, 0.4) is 0 Å². The smallest absolute Gasteiger partial charge is 0.256 e. The lowest BCUT2D eigenvalue weighted by atomic mass is 9.84. The number of aromatic nitrogens is 2. The molecule has 0 saturated carbocycles. The normalized spacial score (nSPS) is 11.5. The van der Waals surface area contributed by atoms with Gasteiger partial charge in [0.2, 0.25) is 0 Å². The number of amides is 1. The molecule has 3 rings (SSSR count). The second kappa shape index (κ2) is 8.19. The number of rotatable bonds is 6. The minimum Gasteiger partial charge on any atom is -0.351 e. The summed E-state index contributed by atoms with van der Waals surface area (Å²) in [5.74, 6) is -0.193. The van der Waals surface area contributed by atoms with Crippen LogP contribution in [-0.2, 0) is 12.0 Å². The lowest BCUT2D eigenvalue weighted by Crippen LogP contribution is -2.36. The Balaban J connectivity index is 1.73. The lowest BCUT2D eigenvalue weighted by Gasteiger charge is -2.25. The minimum atomic E-state index is -0.193. The van der Waals surface area contributed by atoms with Gasteiger partial charge in [0.25, 0.3) is 5.91 Å². The first-order valence-electron chi connectivity index (χ1n) is 9.40. The van der Waals surface area contributed by atoms with Gasteiger partial charge in [-0.25, -0.2) is 4.68 Å². The van der Waals surface area contributed by atoms with Crippen LogP contribution in [0.4, 0.5) is 0 Å². The standard InChI is InChI=1S/C23H26ClN3O/c1-16-10-12-18(13-11-16)14-27-21(24)20(17(2)26-27)22(28)25-15-23(3,4)19-8-6-5-7-9-19/h5-13H,14-15H2,1-4H3,(H,25,28). The molecule has 0 fully saturated rings. The van der Waals surface area contributed by atoms with Crippen molar-refractivity contribution in [3.05, 3.63) is 87.7 Å². The van der Waals surface area contributed by atoms with Crippen LogP contribution < -0.4 is 5.32 Å². The largest absolute Gasteiger partial charge is 0.351 e. The van der Waals surface area contributed by atoms with Gasteiger partial charge in [0.15, 0.2) is 0 Å². The second-order valence-corrected chi connectivity index (χ2v) is 8.19. The zero-order valence-corrected chi connectivity index (χ0v) is 17.5. The zero-order chi connectivity index (χ0) is 20.3. The quantitative estimate of drug-likeness (QED) is 0.644. The fourth-order valence-electron chi connectivity index (χ4n) is 3.16. The van der Waals surface area contributed by atoms with E-state index in [0.717, 1.165) is 5.56 Å². The van der Waals surface area contributed by atoms with Crippen molar-refractivity contribution in [2.24, 2.45) is 0 Å². The Bertz CT molecular complexity index is 960. The highest BCUT2D eigenvalue weighted by atomic mass is 35.5. The van der Waals surface area contributed by atoms with Crippen LogP contribution in [0.5, 0.6) is 0 Å². The van der Waals surface area contributed by atoms with E-state index in [0.29, 0.717) is 29.5 Å². The molecule has 0 atom stereocenters. The maximum absolute atomic E-state index is 12.8. The molecule has 1 heterocycles. The van der Waals surface area contributed by atoms with Crippen LogP contribution in [0.25, 0.3) is 0 Å². The predicted octanol–water partition coefficient (Wildman–Crippen LogP) is 4.91. The van der Waals surface area contributed by atoms with Gasteiger partial charge in [-0.2, -0.15) is 5.10 Å². The Kier molecular flexibility index (Phi) is 5.90. The third kappa shape index (κ3) is 4.45. The molecule has 0 aliphatic rings. The van der Waals surface area contributed by atoms with E-state index >= 15 is 0 Å². The van der Waals surface area contributed by atoms with Gasteiger partial charge in [-0.3, -0.25) is 4.79 Å². The summed E-state index contributed by atoms with van der Waals surface area (Å²) >= 11 is 6.51. The molecule has 2 aromatic carbocycles. The molecule has 0 saturated heterocycles. The number of halogens is 1. The summed E-state index contributed by atoms with van der Waals surface area (Å²) in [6, 6.07) is 18.4. The number of hydrogen-bond donors (Lipinski definition) is 1. The number of carbonyl (C=O) groups is 1. The zero-order valence-electron chi connectivity index (χ0n) is 16.8.